The van der Waals surface area contributed by atoms with Gasteiger partial charge in [0.25, 0.3) is 15.9 Å². The zero-order chi connectivity index (χ0) is 38.4. The van der Waals surface area contributed by atoms with Gasteiger partial charge in [0.05, 0.1) is 36.8 Å². The van der Waals surface area contributed by atoms with E-state index in [0.717, 1.165) is 31.4 Å². The van der Waals surface area contributed by atoms with E-state index in [1.54, 1.807) is 24.3 Å². The van der Waals surface area contributed by atoms with Gasteiger partial charge >= 0.3 is 0 Å². The molecule has 0 bridgehead atoms. The average Bonchev–Trinajstić information content (AvgIpc) is 3.13. The Morgan fingerprint density at radius 3 is 1.68 bits per heavy atom. The van der Waals surface area contributed by atoms with Crippen molar-refractivity contribution in [2.75, 3.05) is 16.6 Å². The number of benzene rings is 4. The van der Waals surface area contributed by atoms with E-state index in [2.05, 4.69) is 21.7 Å². The molecular weight excluding hydrogens is 777 g/mol. The lowest BCUT2D eigenvalue weighted by molar-refractivity contribution is 0.102. The zero-order valence-electron chi connectivity index (χ0n) is 29.9. The molecule has 0 saturated heterocycles. The number of anilines is 2. The third-order valence-electron chi connectivity index (χ3n) is 9.02. The molecule has 0 spiro atoms. The molecule has 4 rings (SSSR count). The first-order valence-electron chi connectivity index (χ1n) is 18.2. The molecule has 14 heteroatoms. The van der Waals surface area contributed by atoms with E-state index in [1.807, 2.05) is 0 Å². The van der Waals surface area contributed by atoms with Gasteiger partial charge in [-0.2, -0.15) is 0 Å². The molecule has 4 N–H and O–H groups in total. The van der Waals surface area contributed by atoms with Gasteiger partial charge in [-0.25, -0.2) is 21.6 Å². The summed E-state index contributed by atoms with van der Waals surface area (Å²) in [6.45, 7) is 2.49. The van der Waals surface area contributed by atoms with Gasteiger partial charge in [0.2, 0.25) is 10.0 Å². The van der Waals surface area contributed by atoms with Gasteiger partial charge in [-0.3, -0.25) is 9.52 Å². The minimum absolute atomic E-state index is 0.0225. The molecule has 0 heterocycles. The van der Waals surface area contributed by atoms with Gasteiger partial charge in [-0.05, 0) is 48.9 Å². The second-order valence-electron chi connectivity index (χ2n) is 13.1. The third kappa shape index (κ3) is 12.5. The van der Waals surface area contributed by atoms with E-state index < -0.39 is 26.0 Å². The number of nitrogens with one attached hydrogen (secondary N) is 3. The first-order valence-corrected chi connectivity index (χ1v) is 22.3. The number of sulfonamides is 2. The Balaban J connectivity index is 1.30. The van der Waals surface area contributed by atoms with Crippen molar-refractivity contribution < 1.29 is 26.7 Å². The number of carbonyl (C=O) groups is 1. The van der Waals surface area contributed by atoms with E-state index in [-0.39, 0.29) is 54.1 Å². The standard InChI is InChI=1S/C39H48Cl3N3O6S2/c1-2-3-4-5-6-7-8-9-10-11-12-13-14-17-24-43-52(48,49)28-20-23-34(41)37(26-28)45-53(50,51)29-21-22-33(40)36(25-29)44-39(47)32-27-35(42)30-18-15-16-19-31(30)38(32)46/h15-16,18-23,25-27,43,45-46H,2-14,17,24H2,1H3,(H,44,47). The van der Waals surface area contributed by atoms with Gasteiger partial charge in [-0.15, -0.1) is 0 Å². The number of halogens is 3. The number of hydrogen-bond acceptors (Lipinski definition) is 6. The highest BCUT2D eigenvalue weighted by Gasteiger charge is 2.23. The number of phenols is 1. The molecule has 0 aliphatic rings. The van der Waals surface area contributed by atoms with Crippen LogP contribution in [0.25, 0.3) is 10.8 Å². The highest BCUT2D eigenvalue weighted by Crippen LogP contribution is 2.36. The molecule has 0 unspecified atom stereocenters. The molecule has 0 fully saturated rings. The molecule has 53 heavy (non-hydrogen) atoms. The maximum absolute atomic E-state index is 13.5. The maximum atomic E-state index is 13.5. The summed E-state index contributed by atoms with van der Waals surface area (Å²) in [5.74, 6) is -1.08. The molecule has 288 valence electrons. The number of hydrogen-bond donors (Lipinski definition) is 4. The van der Waals surface area contributed by atoms with Gasteiger partial charge < -0.3 is 10.4 Å². The second kappa shape index (κ2) is 20.6. The molecule has 4 aromatic rings. The Kier molecular flexibility index (Phi) is 16.6. The molecule has 0 atom stereocenters. The summed E-state index contributed by atoms with van der Waals surface area (Å²) in [4.78, 5) is 12.8. The predicted octanol–water partition coefficient (Wildman–Crippen LogP) is 11.3. The smallest absolute Gasteiger partial charge is 0.262 e. The van der Waals surface area contributed by atoms with Crippen LogP contribution in [0.1, 0.15) is 107 Å². The number of unbranched alkanes of at least 4 members (excludes halogenated alkanes) is 13. The Labute approximate surface area is 328 Å². The molecule has 9 nitrogen and oxygen atoms in total. The summed E-state index contributed by atoms with van der Waals surface area (Å²) >= 11 is 18.9. The number of phenolic OH excluding ortho intramolecular Hbond substituents is 1. The van der Waals surface area contributed by atoms with Crippen molar-refractivity contribution >= 4 is 82.9 Å². The van der Waals surface area contributed by atoms with E-state index in [1.165, 1.54) is 94.5 Å². The van der Waals surface area contributed by atoms with Gasteiger partial charge in [0.15, 0.2) is 0 Å². The summed E-state index contributed by atoms with van der Waals surface area (Å²) in [6, 6.07) is 15.4. The summed E-state index contributed by atoms with van der Waals surface area (Å²) in [5, 5.41) is 14.5. The van der Waals surface area contributed by atoms with E-state index in [4.69, 9.17) is 34.8 Å². The van der Waals surface area contributed by atoms with Crippen molar-refractivity contribution in [3.63, 3.8) is 0 Å². The Hall–Kier alpha value is -3.06. The summed E-state index contributed by atoms with van der Waals surface area (Å²) in [7, 11) is -8.30. The normalized spacial score (nSPS) is 11.9. The molecule has 0 saturated carbocycles. The fourth-order valence-corrected chi connectivity index (χ4v) is 8.86. The average molecular weight is 825 g/mol. The number of aromatic hydroxyl groups is 1. The monoisotopic (exact) mass is 823 g/mol. The first kappa shape index (κ1) is 42.7. The quantitative estimate of drug-likeness (QED) is 0.0581. The van der Waals surface area contributed by atoms with E-state index in [0.29, 0.717) is 17.2 Å². The highest BCUT2D eigenvalue weighted by atomic mass is 35.5. The van der Waals surface area contributed by atoms with Crippen LogP contribution >= 0.6 is 34.8 Å². The van der Waals surface area contributed by atoms with E-state index >= 15 is 0 Å². The van der Waals surface area contributed by atoms with Crippen molar-refractivity contribution in [3.8, 4) is 5.75 Å². The van der Waals surface area contributed by atoms with Crippen molar-refractivity contribution in [2.24, 2.45) is 0 Å². The molecule has 1 amide bonds. The van der Waals surface area contributed by atoms with Crippen LogP contribution in [0.3, 0.4) is 0 Å². The molecular formula is C39H48Cl3N3O6S2. The highest BCUT2D eigenvalue weighted by molar-refractivity contribution is 7.92. The Morgan fingerprint density at radius 1 is 0.604 bits per heavy atom. The first-order chi connectivity index (χ1) is 25.3. The molecule has 0 radical (unpaired) electrons. The summed E-state index contributed by atoms with van der Waals surface area (Å²) < 4.78 is 58.0. The minimum atomic E-state index is -4.36. The zero-order valence-corrected chi connectivity index (χ0v) is 33.8. The molecule has 4 aromatic carbocycles. The predicted molar refractivity (Wildman–Crippen MR) is 218 cm³/mol. The van der Waals surface area contributed by atoms with Crippen molar-refractivity contribution in [1.82, 2.24) is 4.72 Å². The van der Waals surface area contributed by atoms with Gasteiger partial charge in [0, 0.05) is 22.3 Å². The van der Waals surface area contributed by atoms with Crippen molar-refractivity contribution in [1.29, 1.82) is 0 Å². The van der Waals surface area contributed by atoms with Crippen LogP contribution < -0.4 is 14.8 Å². The largest absolute Gasteiger partial charge is 0.506 e. The number of rotatable bonds is 22. The van der Waals surface area contributed by atoms with E-state index in [9.17, 15) is 26.7 Å². The van der Waals surface area contributed by atoms with Crippen LogP contribution in [-0.2, 0) is 20.0 Å². The lowest BCUT2D eigenvalue weighted by atomic mass is 10.0. The Bertz CT molecular complexity index is 2080. The number of amides is 1. The van der Waals surface area contributed by atoms with Gasteiger partial charge in [-0.1, -0.05) is 149 Å². The van der Waals surface area contributed by atoms with Crippen molar-refractivity contribution in [2.45, 2.75) is 107 Å². The molecule has 0 aliphatic carbocycles. The lowest BCUT2D eigenvalue weighted by Crippen LogP contribution is -2.25. The fraction of sp³-hybridized carbons (Fsp3) is 0.410. The van der Waals surface area contributed by atoms with Crippen LogP contribution in [-0.4, -0.2) is 34.4 Å². The Morgan fingerprint density at radius 2 is 1.09 bits per heavy atom. The number of fused-ring (bicyclic) bond motifs is 1. The molecule has 0 aliphatic heterocycles. The summed E-state index contributed by atoms with van der Waals surface area (Å²) in [5.41, 5.74) is -0.348. The van der Waals surface area contributed by atoms with Crippen LogP contribution in [0, 0.1) is 0 Å². The van der Waals surface area contributed by atoms with Crippen LogP contribution in [0.4, 0.5) is 11.4 Å². The minimum Gasteiger partial charge on any atom is -0.506 e. The third-order valence-corrected chi connectivity index (χ3v) is 12.8. The SMILES string of the molecule is CCCCCCCCCCCCCCCCNS(=O)(=O)c1ccc(Cl)c(NS(=O)(=O)c2ccc(Cl)c(NC(=O)c3cc(Cl)c4ccccc4c3O)c2)c1. The van der Waals surface area contributed by atoms with Crippen LogP contribution in [0.2, 0.25) is 15.1 Å². The topological polar surface area (TPSA) is 142 Å². The summed E-state index contributed by atoms with van der Waals surface area (Å²) in [6.07, 6.45) is 16.8. The van der Waals surface area contributed by atoms with Crippen LogP contribution in [0.15, 0.2) is 76.5 Å². The lowest BCUT2D eigenvalue weighted by Gasteiger charge is -2.14. The second-order valence-corrected chi connectivity index (χ2v) is 17.8. The number of carbonyl (C=O) groups excluding carboxylic acids is 1. The molecule has 0 aromatic heterocycles. The maximum Gasteiger partial charge on any atom is 0.262 e. The van der Waals surface area contributed by atoms with Crippen molar-refractivity contribution in [3.05, 3.63) is 87.4 Å². The van der Waals surface area contributed by atoms with Crippen LogP contribution in [0.5, 0.6) is 5.75 Å². The van der Waals surface area contributed by atoms with Gasteiger partial charge in [0.1, 0.15) is 5.75 Å². The fourth-order valence-electron chi connectivity index (χ4n) is 6.01.